The topological polar surface area (TPSA) is 86.6 Å². The molecule has 0 spiro atoms. The molecule has 1 aliphatic heterocycles. The number of benzene rings is 1. The Balaban J connectivity index is 1.52. The van der Waals surface area contributed by atoms with Crippen molar-refractivity contribution in [3.05, 3.63) is 47.3 Å². The van der Waals surface area contributed by atoms with Crippen LogP contribution in [0.15, 0.2) is 30.5 Å². The number of carbonyl (C=O) groups excluding carboxylic acids is 2. The van der Waals surface area contributed by atoms with Gasteiger partial charge in [0.25, 0.3) is 5.91 Å². The Kier molecular flexibility index (Phi) is 9.14. The number of likely N-dealkylation sites (tertiary alicyclic amines) is 1. The van der Waals surface area contributed by atoms with Crippen LogP contribution < -0.4 is 0 Å². The number of ketones is 1. The van der Waals surface area contributed by atoms with Crippen molar-refractivity contribution >= 4 is 11.7 Å². The fourth-order valence-electron chi connectivity index (χ4n) is 4.18. The van der Waals surface area contributed by atoms with Gasteiger partial charge in [-0.25, -0.2) is 4.68 Å². The smallest absolute Gasteiger partial charge is 0.276 e. The SMILES string of the molecule is CCOC(Cn1cc(C(=O)N2CCC(C(=O)c3ccc(CC(C)C)cc3)CC2)nn1)OCC. The van der Waals surface area contributed by atoms with Gasteiger partial charge < -0.3 is 14.4 Å². The van der Waals surface area contributed by atoms with E-state index in [1.165, 1.54) is 5.56 Å². The molecule has 3 rings (SSSR count). The molecule has 33 heavy (non-hydrogen) atoms. The van der Waals surface area contributed by atoms with Gasteiger partial charge >= 0.3 is 0 Å². The van der Waals surface area contributed by atoms with E-state index in [-0.39, 0.29) is 17.6 Å². The predicted molar refractivity (Wildman–Crippen MR) is 125 cm³/mol. The number of amides is 1. The highest BCUT2D eigenvalue weighted by molar-refractivity contribution is 5.98. The maximum absolute atomic E-state index is 12.9. The molecule has 0 unspecified atom stereocenters. The van der Waals surface area contributed by atoms with E-state index in [1.54, 1.807) is 15.8 Å². The van der Waals surface area contributed by atoms with Crippen LogP contribution in [0.1, 0.15) is 66.9 Å². The second kappa shape index (κ2) is 12.0. The van der Waals surface area contributed by atoms with Gasteiger partial charge in [0, 0.05) is 37.8 Å². The molecule has 0 N–H and O–H groups in total. The van der Waals surface area contributed by atoms with Gasteiger partial charge in [0.1, 0.15) is 0 Å². The van der Waals surface area contributed by atoms with Crippen LogP contribution in [0.2, 0.25) is 0 Å². The van der Waals surface area contributed by atoms with Gasteiger partial charge in [-0.1, -0.05) is 43.3 Å². The third-order valence-electron chi connectivity index (χ3n) is 5.83. The normalized spacial score (nSPS) is 14.9. The number of hydrogen-bond acceptors (Lipinski definition) is 6. The lowest BCUT2D eigenvalue weighted by atomic mass is 9.88. The van der Waals surface area contributed by atoms with Gasteiger partial charge in [-0.2, -0.15) is 0 Å². The maximum atomic E-state index is 12.9. The largest absolute Gasteiger partial charge is 0.351 e. The zero-order chi connectivity index (χ0) is 23.8. The highest BCUT2D eigenvalue weighted by atomic mass is 16.7. The summed E-state index contributed by atoms with van der Waals surface area (Å²) in [6, 6.07) is 7.98. The van der Waals surface area contributed by atoms with Crippen LogP contribution in [-0.2, 0) is 22.4 Å². The number of rotatable bonds is 11. The second-order valence-corrected chi connectivity index (χ2v) is 8.89. The van der Waals surface area contributed by atoms with Crippen molar-refractivity contribution in [1.82, 2.24) is 19.9 Å². The van der Waals surface area contributed by atoms with Crippen LogP contribution in [0.3, 0.4) is 0 Å². The number of carbonyl (C=O) groups is 2. The van der Waals surface area contributed by atoms with Gasteiger partial charge in [0.15, 0.2) is 17.8 Å². The van der Waals surface area contributed by atoms with Crippen molar-refractivity contribution in [3.63, 3.8) is 0 Å². The van der Waals surface area contributed by atoms with Gasteiger partial charge in [-0.05, 0) is 44.6 Å². The molecular formula is C25H36N4O4. The number of ether oxygens (including phenoxy) is 2. The number of nitrogens with zero attached hydrogens (tertiary/aromatic N) is 4. The van der Waals surface area contributed by atoms with E-state index in [4.69, 9.17) is 9.47 Å². The molecule has 1 aromatic carbocycles. The Morgan fingerprint density at radius 2 is 1.70 bits per heavy atom. The molecule has 8 nitrogen and oxygen atoms in total. The molecule has 0 radical (unpaired) electrons. The molecule has 1 fully saturated rings. The molecule has 1 saturated heterocycles. The van der Waals surface area contributed by atoms with Crippen molar-refractivity contribution in [1.29, 1.82) is 0 Å². The number of hydrogen-bond donors (Lipinski definition) is 0. The molecular weight excluding hydrogens is 420 g/mol. The quantitative estimate of drug-likeness (QED) is 0.379. The highest BCUT2D eigenvalue weighted by Crippen LogP contribution is 2.23. The average Bonchev–Trinajstić information content (AvgIpc) is 3.27. The zero-order valence-corrected chi connectivity index (χ0v) is 20.2. The average molecular weight is 457 g/mol. The molecule has 1 aliphatic rings. The maximum Gasteiger partial charge on any atom is 0.276 e. The first kappa shape index (κ1) is 25.1. The predicted octanol–water partition coefficient (Wildman–Crippen LogP) is 3.61. The summed E-state index contributed by atoms with van der Waals surface area (Å²) in [5.74, 6) is 0.543. The molecule has 2 aromatic rings. The highest BCUT2D eigenvalue weighted by Gasteiger charge is 2.29. The first-order valence-corrected chi connectivity index (χ1v) is 12.0. The standard InChI is InChI=1S/C25H36N4O4/c1-5-32-23(33-6-2)17-29-16-22(26-27-29)25(31)28-13-11-21(12-14-28)24(30)20-9-7-19(8-10-20)15-18(3)4/h7-10,16,18,21,23H,5-6,11-15,17H2,1-4H3. The fourth-order valence-corrected chi connectivity index (χ4v) is 4.18. The first-order chi connectivity index (χ1) is 15.9. The lowest BCUT2D eigenvalue weighted by molar-refractivity contribution is -0.145. The summed E-state index contributed by atoms with van der Waals surface area (Å²) in [5.41, 5.74) is 2.31. The van der Waals surface area contributed by atoms with Gasteiger partial charge in [-0.3, -0.25) is 9.59 Å². The second-order valence-electron chi connectivity index (χ2n) is 8.89. The Hall–Kier alpha value is -2.58. The minimum atomic E-state index is -0.425. The molecule has 180 valence electrons. The summed E-state index contributed by atoms with van der Waals surface area (Å²) in [4.78, 5) is 27.6. The Labute approximate surface area is 196 Å². The van der Waals surface area contributed by atoms with Crippen molar-refractivity contribution in [2.75, 3.05) is 26.3 Å². The molecule has 1 amide bonds. The van der Waals surface area contributed by atoms with Crippen LogP contribution >= 0.6 is 0 Å². The summed E-state index contributed by atoms with van der Waals surface area (Å²) in [7, 11) is 0. The van der Waals surface area contributed by atoms with Crippen molar-refractivity contribution in [2.24, 2.45) is 11.8 Å². The van der Waals surface area contributed by atoms with E-state index in [1.807, 2.05) is 26.0 Å². The summed E-state index contributed by atoms with van der Waals surface area (Å²) in [6.07, 6.45) is 3.53. The third kappa shape index (κ3) is 6.95. The number of aromatic nitrogens is 3. The Morgan fingerprint density at radius 3 is 2.27 bits per heavy atom. The monoisotopic (exact) mass is 456 g/mol. The molecule has 2 heterocycles. The van der Waals surface area contributed by atoms with E-state index in [9.17, 15) is 9.59 Å². The van der Waals surface area contributed by atoms with E-state index in [2.05, 4.69) is 36.3 Å². The van der Waals surface area contributed by atoms with Crippen LogP contribution in [0.5, 0.6) is 0 Å². The third-order valence-corrected chi connectivity index (χ3v) is 5.83. The molecule has 0 aliphatic carbocycles. The van der Waals surface area contributed by atoms with Crippen LogP contribution in [0.4, 0.5) is 0 Å². The molecule has 1 aromatic heterocycles. The summed E-state index contributed by atoms with van der Waals surface area (Å²) >= 11 is 0. The van der Waals surface area contributed by atoms with E-state index in [0.29, 0.717) is 57.3 Å². The van der Waals surface area contributed by atoms with Crippen LogP contribution in [0.25, 0.3) is 0 Å². The summed E-state index contributed by atoms with van der Waals surface area (Å²) < 4.78 is 12.6. The number of Topliss-reactive ketones (excluding diaryl/α,β-unsaturated/α-hetero) is 1. The first-order valence-electron chi connectivity index (χ1n) is 12.0. The van der Waals surface area contributed by atoms with Crippen LogP contribution in [-0.4, -0.2) is 64.2 Å². The van der Waals surface area contributed by atoms with E-state index < -0.39 is 6.29 Å². The molecule has 0 bridgehead atoms. The van der Waals surface area contributed by atoms with E-state index in [0.717, 1.165) is 12.0 Å². The molecule has 0 atom stereocenters. The van der Waals surface area contributed by atoms with E-state index >= 15 is 0 Å². The lowest BCUT2D eigenvalue weighted by Crippen LogP contribution is -2.40. The molecule has 8 heteroatoms. The minimum absolute atomic E-state index is 0.0566. The van der Waals surface area contributed by atoms with Crippen molar-refractivity contribution < 1.29 is 19.1 Å². The van der Waals surface area contributed by atoms with Crippen LogP contribution in [0, 0.1) is 11.8 Å². The zero-order valence-electron chi connectivity index (χ0n) is 20.2. The van der Waals surface area contributed by atoms with Gasteiger partial charge in [0.2, 0.25) is 0 Å². The van der Waals surface area contributed by atoms with Gasteiger partial charge in [0.05, 0.1) is 12.7 Å². The summed E-state index contributed by atoms with van der Waals surface area (Å²) in [5, 5.41) is 8.09. The van der Waals surface area contributed by atoms with Crippen molar-refractivity contribution in [2.45, 2.75) is 59.8 Å². The summed E-state index contributed by atoms with van der Waals surface area (Å²) in [6.45, 7) is 10.7. The fraction of sp³-hybridized carbons (Fsp3) is 0.600. The molecule has 0 saturated carbocycles. The number of piperidine rings is 1. The van der Waals surface area contributed by atoms with Crippen molar-refractivity contribution in [3.8, 4) is 0 Å². The lowest BCUT2D eigenvalue weighted by Gasteiger charge is -2.30. The Morgan fingerprint density at radius 1 is 1.06 bits per heavy atom. The minimum Gasteiger partial charge on any atom is -0.351 e. The van der Waals surface area contributed by atoms with Gasteiger partial charge in [-0.15, -0.1) is 5.10 Å². The Bertz CT molecular complexity index is 895.